The van der Waals surface area contributed by atoms with Crippen LogP contribution in [0.25, 0.3) is 0 Å². The van der Waals surface area contributed by atoms with E-state index in [1.807, 2.05) is 30.7 Å². The van der Waals surface area contributed by atoms with Crippen LogP contribution < -0.4 is 10.6 Å². The average molecular weight is 408 g/mol. The number of nitro benzene ring substituents is 1. The van der Waals surface area contributed by atoms with E-state index in [0.29, 0.717) is 12.2 Å². The molecular weight excluding hydrogens is 386 g/mol. The van der Waals surface area contributed by atoms with Gasteiger partial charge in [-0.05, 0) is 42.9 Å². The fourth-order valence-electron chi connectivity index (χ4n) is 2.43. The molecule has 1 aromatic carbocycles. The standard InChI is InChI=1S/C18H21N3O4S2/c1-12(16-7-4-9-27-16)19-18(23)15(8-10-26-2)20-17(22)13-5-3-6-14(11-13)21(24)25/h3-7,9,11-12,15H,8,10H2,1-2H3,(H,19,23)(H,20,22). The Morgan fingerprint density at radius 2 is 2.04 bits per heavy atom. The molecule has 2 atom stereocenters. The molecule has 0 radical (unpaired) electrons. The van der Waals surface area contributed by atoms with Gasteiger partial charge in [-0.15, -0.1) is 11.3 Å². The van der Waals surface area contributed by atoms with E-state index in [1.54, 1.807) is 23.1 Å². The monoisotopic (exact) mass is 407 g/mol. The minimum absolute atomic E-state index is 0.150. The first-order valence-electron chi connectivity index (χ1n) is 8.30. The summed E-state index contributed by atoms with van der Waals surface area (Å²) in [5, 5.41) is 18.4. The van der Waals surface area contributed by atoms with Crippen molar-refractivity contribution in [3.8, 4) is 0 Å². The highest BCUT2D eigenvalue weighted by atomic mass is 32.2. The van der Waals surface area contributed by atoms with Crippen LogP contribution in [0.1, 0.15) is 34.6 Å². The molecule has 0 aliphatic carbocycles. The largest absolute Gasteiger partial charge is 0.347 e. The summed E-state index contributed by atoms with van der Waals surface area (Å²) >= 11 is 3.12. The van der Waals surface area contributed by atoms with Crippen LogP contribution in [0.15, 0.2) is 41.8 Å². The predicted molar refractivity (Wildman–Crippen MR) is 108 cm³/mol. The summed E-state index contributed by atoms with van der Waals surface area (Å²) in [5.74, 6) is -0.0896. The third-order valence-electron chi connectivity index (χ3n) is 3.88. The van der Waals surface area contributed by atoms with Gasteiger partial charge in [-0.2, -0.15) is 11.8 Å². The number of nitrogens with one attached hydrogen (secondary N) is 2. The zero-order valence-electron chi connectivity index (χ0n) is 15.0. The molecule has 2 aromatic rings. The van der Waals surface area contributed by atoms with Crippen molar-refractivity contribution in [3.05, 3.63) is 62.3 Å². The molecule has 27 heavy (non-hydrogen) atoms. The van der Waals surface area contributed by atoms with Crippen LogP contribution in [-0.4, -0.2) is 34.8 Å². The lowest BCUT2D eigenvalue weighted by Gasteiger charge is -2.21. The molecule has 144 valence electrons. The summed E-state index contributed by atoms with van der Waals surface area (Å²) in [4.78, 5) is 36.5. The lowest BCUT2D eigenvalue weighted by molar-refractivity contribution is -0.384. The van der Waals surface area contributed by atoms with E-state index < -0.39 is 16.9 Å². The molecule has 2 amide bonds. The van der Waals surface area contributed by atoms with Gasteiger partial charge in [-0.1, -0.05) is 12.1 Å². The van der Waals surface area contributed by atoms with Gasteiger partial charge < -0.3 is 10.6 Å². The van der Waals surface area contributed by atoms with Crippen molar-refractivity contribution in [3.63, 3.8) is 0 Å². The maximum Gasteiger partial charge on any atom is 0.270 e. The fraction of sp³-hybridized carbons (Fsp3) is 0.333. The third kappa shape index (κ3) is 6.07. The molecule has 0 spiro atoms. The Morgan fingerprint density at radius 3 is 2.67 bits per heavy atom. The summed E-state index contributed by atoms with van der Waals surface area (Å²) in [7, 11) is 0. The van der Waals surface area contributed by atoms with Crippen LogP contribution in [0, 0.1) is 10.1 Å². The lowest BCUT2D eigenvalue weighted by atomic mass is 10.1. The molecule has 1 aromatic heterocycles. The van der Waals surface area contributed by atoms with Crippen LogP contribution >= 0.6 is 23.1 Å². The zero-order chi connectivity index (χ0) is 19.8. The SMILES string of the molecule is CSCCC(NC(=O)c1cccc([N+](=O)[O-])c1)C(=O)NC(C)c1cccs1. The Balaban J connectivity index is 2.08. The predicted octanol–water partition coefficient (Wildman–Crippen LogP) is 3.39. The van der Waals surface area contributed by atoms with E-state index in [1.165, 1.54) is 24.3 Å². The number of carbonyl (C=O) groups excluding carboxylic acids is 2. The molecule has 0 bridgehead atoms. The van der Waals surface area contributed by atoms with E-state index in [-0.39, 0.29) is 23.2 Å². The summed E-state index contributed by atoms with van der Waals surface area (Å²) in [6.45, 7) is 1.89. The smallest absolute Gasteiger partial charge is 0.270 e. The molecule has 0 aliphatic heterocycles. The van der Waals surface area contributed by atoms with Crippen molar-refractivity contribution in [1.82, 2.24) is 10.6 Å². The second-order valence-electron chi connectivity index (χ2n) is 5.86. The lowest BCUT2D eigenvalue weighted by Crippen LogP contribution is -2.47. The van der Waals surface area contributed by atoms with Crippen molar-refractivity contribution in [2.75, 3.05) is 12.0 Å². The molecule has 1 heterocycles. The first-order valence-corrected chi connectivity index (χ1v) is 10.6. The number of rotatable bonds is 9. The van der Waals surface area contributed by atoms with Crippen LogP contribution in [0.3, 0.4) is 0 Å². The zero-order valence-corrected chi connectivity index (χ0v) is 16.6. The average Bonchev–Trinajstić information content (AvgIpc) is 3.19. The number of carbonyl (C=O) groups is 2. The first-order chi connectivity index (χ1) is 12.9. The Hall–Kier alpha value is -2.39. The van der Waals surface area contributed by atoms with Gasteiger partial charge in [0.15, 0.2) is 0 Å². The van der Waals surface area contributed by atoms with E-state index in [9.17, 15) is 19.7 Å². The van der Waals surface area contributed by atoms with E-state index in [2.05, 4.69) is 10.6 Å². The minimum Gasteiger partial charge on any atom is -0.347 e. The Labute approximate surface area is 165 Å². The summed E-state index contributed by atoms with van der Waals surface area (Å²) in [5.41, 5.74) is -0.0171. The number of nitro groups is 1. The number of hydrogen-bond acceptors (Lipinski definition) is 6. The minimum atomic E-state index is -0.716. The van der Waals surface area contributed by atoms with Gasteiger partial charge in [-0.3, -0.25) is 19.7 Å². The van der Waals surface area contributed by atoms with Gasteiger partial charge in [0.05, 0.1) is 11.0 Å². The van der Waals surface area contributed by atoms with Crippen LogP contribution in [0.2, 0.25) is 0 Å². The highest BCUT2D eigenvalue weighted by molar-refractivity contribution is 7.98. The quantitative estimate of drug-likeness (QED) is 0.490. The molecule has 0 saturated carbocycles. The number of nitrogens with zero attached hydrogens (tertiary/aromatic N) is 1. The Kier molecular flexibility index (Phi) is 7.81. The van der Waals surface area contributed by atoms with Gasteiger partial charge >= 0.3 is 0 Å². The molecule has 2 N–H and O–H groups in total. The number of amides is 2. The van der Waals surface area contributed by atoms with Gasteiger partial charge in [0, 0.05) is 22.6 Å². The second kappa shape index (κ2) is 10.1. The van der Waals surface area contributed by atoms with Crippen LogP contribution in [0.4, 0.5) is 5.69 Å². The number of non-ortho nitro benzene ring substituents is 1. The molecule has 0 fully saturated rings. The fourth-order valence-corrected chi connectivity index (χ4v) is 3.64. The molecule has 2 unspecified atom stereocenters. The highest BCUT2D eigenvalue weighted by Crippen LogP contribution is 2.18. The topological polar surface area (TPSA) is 101 Å². The normalized spacial score (nSPS) is 12.8. The van der Waals surface area contributed by atoms with Crippen molar-refractivity contribution >= 4 is 40.6 Å². The maximum atomic E-state index is 12.7. The van der Waals surface area contributed by atoms with Gasteiger partial charge in [-0.25, -0.2) is 0 Å². The third-order valence-corrected chi connectivity index (χ3v) is 5.58. The molecule has 2 rings (SSSR count). The summed E-state index contributed by atoms with van der Waals surface area (Å²) < 4.78 is 0. The highest BCUT2D eigenvalue weighted by Gasteiger charge is 2.23. The first kappa shape index (κ1) is 20.9. The molecular formula is C18H21N3O4S2. The van der Waals surface area contributed by atoms with Crippen molar-refractivity contribution < 1.29 is 14.5 Å². The van der Waals surface area contributed by atoms with Crippen molar-refractivity contribution in [2.24, 2.45) is 0 Å². The summed E-state index contributed by atoms with van der Waals surface area (Å²) in [6.07, 6.45) is 2.39. The molecule has 0 aliphatic rings. The van der Waals surface area contributed by atoms with Gasteiger partial charge in [0.2, 0.25) is 5.91 Å². The van der Waals surface area contributed by atoms with E-state index in [4.69, 9.17) is 0 Å². The molecule has 7 nitrogen and oxygen atoms in total. The van der Waals surface area contributed by atoms with Gasteiger partial charge in [0.1, 0.15) is 6.04 Å². The van der Waals surface area contributed by atoms with E-state index in [0.717, 1.165) is 4.88 Å². The molecule has 9 heteroatoms. The van der Waals surface area contributed by atoms with Crippen molar-refractivity contribution in [2.45, 2.75) is 25.4 Å². The second-order valence-corrected chi connectivity index (χ2v) is 7.83. The van der Waals surface area contributed by atoms with E-state index >= 15 is 0 Å². The summed E-state index contributed by atoms with van der Waals surface area (Å²) in [6, 6.07) is 8.43. The number of thioether (sulfide) groups is 1. The van der Waals surface area contributed by atoms with Crippen LogP contribution in [-0.2, 0) is 4.79 Å². The maximum absolute atomic E-state index is 12.7. The van der Waals surface area contributed by atoms with Crippen molar-refractivity contribution in [1.29, 1.82) is 0 Å². The Morgan fingerprint density at radius 1 is 1.26 bits per heavy atom. The number of benzene rings is 1. The van der Waals surface area contributed by atoms with Crippen LogP contribution in [0.5, 0.6) is 0 Å². The Bertz CT molecular complexity index is 796. The number of thiophene rings is 1. The number of hydrogen-bond donors (Lipinski definition) is 2. The van der Waals surface area contributed by atoms with Gasteiger partial charge in [0.25, 0.3) is 11.6 Å². The molecule has 0 saturated heterocycles.